The Kier molecular flexibility index (Phi) is 1.88. The van der Waals surface area contributed by atoms with Gasteiger partial charge in [-0.2, -0.15) is 13.1 Å². The number of halogens is 1. The topological polar surface area (TPSA) is 51.6 Å². The van der Waals surface area contributed by atoms with Crippen LogP contribution in [0.1, 0.15) is 11.1 Å². The first-order chi connectivity index (χ1) is 7.68. The summed E-state index contributed by atoms with van der Waals surface area (Å²) in [5.74, 6) is -0.572. The molecule has 0 aliphatic carbocycles. The van der Waals surface area contributed by atoms with E-state index >= 15 is 0 Å². The predicted octanol–water partition coefficient (Wildman–Crippen LogP) is 2.39. The molecule has 1 aromatic carbocycles. The number of hydrogen-bond donors (Lipinski definition) is 0. The van der Waals surface area contributed by atoms with E-state index in [4.69, 9.17) is 0 Å². The molecule has 4 nitrogen and oxygen atoms in total. The summed E-state index contributed by atoms with van der Waals surface area (Å²) >= 11 is 1.15. The Hall–Kier alpha value is -1.69. The Morgan fingerprint density at radius 3 is 2.31 bits per heavy atom. The van der Waals surface area contributed by atoms with Gasteiger partial charge in [-0.15, -0.1) is 0 Å². The number of fused-ring (bicyclic) bond motifs is 2. The molecule has 2 heterocycles. The van der Waals surface area contributed by atoms with Crippen LogP contribution >= 0.6 is 11.7 Å². The highest BCUT2D eigenvalue weighted by Gasteiger charge is 2.14. The number of hydrogen-bond acceptors (Lipinski definition) is 5. The predicted molar refractivity (Wildman–Crippen MR) is 59.9 cm³/mol. The van der Waals surface area contributed by atoms with E-state index in [-0.39, 0.29) is 0 Å². The van der Waals surface area contributed by atoms with Crippen molar-refractivity contribution in [3.8, 4) is 0 Å². The molecule has 0 amide bonds. The van der Waals surface area contributed by atoms with Crippen LogP contribution in [0.25, 0.3) is 22.1 Å². The van der Waals surface area contributed by atoms with Crippen LogP contribution in [0.3, 0.4) is 0 Å². The molecular formula is C10H7FN4S. The molecule has 0 radical (unpaired) electrons. The molecule has 0 atom stereocenters. The second-order valence-corrected chi connectivity index (χ2v) is 4.13. The van der Waals surface area contributed by atoms with E-state index in [2.05, 4.69) is 18.7 Å². The first kappa shape index (κ1) is 9.53. The molecule has 0 spiro atoms. The van der Waals surface area contributed by atoms with Crippen LogP contribution in [0.2, 0.25) is 0 Å². The lowest BCUT2D eigenvalue weighted by atomic mass is 10.1. The number of aromatic nitrogens is 4. The first-order valence-corrected chi connectivity index (χ1v) is 5.45. The zero-order valence-corrected chi connectivity index (χ0v) is 9.47. The Bertz CT molecular complexity index is 707. The van der Waals surface area contributed by atoms with Gasteiger partial charge in [-0.3, -0.25) is 0 Å². The van der Waals surface area contributed by atoms with Crippen LogP contribution in [0.4, 0.5) is 4.39 Å². The summed E-state index contributed by atoms with van der Waals surface area (Å²) in [5.41, 5.74) is 4.61. The van der Waals surface area contributed by atoms with Crippen molar-refractivity contribution in [2.75, 3.05) is 0 Å². The molecule has 0 unspecified atom stereocenters. The van der Waals surface area contributed by atoms with Gasteiger partial charge in [0.25, 0.3) is 0 Å². The maximum absolute atomic E-state index is 13.1. The highest BCUT2D eigenvalue weighted by Crippen LogP contribution is 2.28. The molecule has 0 saturated heterocycles. The van der Waals surface area contributed by atoms with Crippen LogP contribution in [-0.4, -0.2) is 18.7 Å². The van der Waals surface area contributed by atoms with Crippen LogP contribution in [0.15, 0.2) is 6.20 Å². The summed E-state index contributed by atoms with van der Waals surface area (Å²) in [6.07, 6.45) is 1.13. The minimum Gasteiger partial charge on any atom is -0.249 e. The van der Waals surface area contributed by atoms with Crippen LogP contribution < -0.4 is 0 Å². The summed E-state index contributed by atoms with van der Waals surface area (Å²) < 4.78 is 21.5. The smallest absolute Gasteiger partial charge is 0.231 e. The van der Waals surface area contributed by atoms with Crippen LogP contribution in [0.5, 0.6) is 0 Å². The molecule has 6 heteroatoms. The number of benzene rings is 1. The van der Waals surface area contributed by atoms with Gasteiger partial charge < -0.3 is 0 Å². The van der Waals surface area contributed by atoms with Gasteiger partial charge in [-0.05, 0) is 13.8 Å². The maximum atomic E-state index is 13.1. The Morgan fingerprint density at radius 2 is 1.62 bits per heavy atom. The van der Waals surface area contributed by atoms with E-state index in [0.717, 1.165) is 40.1 Å². The van der Waals surface area contributed by atoms with Gasteiger partial charge >= 0.3 is 0 Å². The van der Waals surface area contributed by atoms with Crippen molar-refractivity contribution < 1.29 is 4.39 Å². The van der Waals surface area contributed by atoms with Gasteiger partial charge in [-0.25, -0.2) is 9.97 Å². The van der Waals surface area contributed by atoms with Gasteiger partial charge in [0.1, 0.15) is 11.0 Å². The highest BCUT2D eigenvalue weighted by atomic mass is 32.1. The lowest BCUT2D eigenvalue weighted by Crippen LogP contribution is -1.95. The van der Waals surface area contributed by atoms with Gasteiger partial charge in [0.15, 0.2) is 0 Å². The summed E-state index contributed by atoms with van der Waals surface area (Å²) in [7, 11) is 0. The third-order valence-electron chi connectivity index (χ3n) is 2.65. The fourth-order valence-corrected chi connectivity index (χ4v) is 2.46. The van der Waals surface area contributed by atoms with Crippen molar-refractivity contribution >= 4 is 33.8 Å². The molecule has 2 aromatic heterocycles. The molecule has 3 rings (SSSR count). The van der Waals surface area contributed by atoms with Gasteiger partial charge in [-0.1, -0.05) is 0 Å². The van der Waals surface area contributed by atoms with E-state index in [1.807, 2.05) is 13.8 Å². The summed E-state index contributed by atoms with van der Waals surface area (Å²) in [5, 5.41) is 0. The molecule has 3 aromatic rings. The van der Waals surface area contributed by atoms with Crippen molar-refractivity contribution in [1.29, 1.82) is 0 Å². The largest absolute Gasteiger partial charge is 0.249 e. The third-order valence-corrected chi connectivity index (χ3v) is 3.18. The van der Waals surface area contributed by atoms with Crippen LogP contribution in [-0.2, 0) is 0 Å². The lowest BCUT2D eigenvalue weighted by Gasteiger charge is -2.04. The maximum Gasteiger partial charge on any atom is 0.231 e. The van der Waals surface area contributed by atoms with Crippen molar-refractivity contribution in [3.63, 3.8) is 0 Å². The Balaban J connectivity index is 2.64. The third kappa shape index (κ3) is 1.13. The van der Waals surface area contributed by atoms with Crippen LogP contribution in [0, 0.1) is 19.8 Å². The van der Waals surface area contributed by atoms with Crippen molar-refractivity contribution in [1.82, 2.24) is 18.7 Å². The minimum absolute atomic E-state index is 0.567. The van der Waals surface area contributed by atoms with E-state index in [0.29, 0.717) is 11.0 Å². The van der Waals surface area contributed by atoms with E-state index in [1.54, 1.807) is 0 Å². The van der Waals surface area contributed by atoms with E-state index in [9.17, 15) is 4.39 Å². The number of rotatable bonds is 0. The standard InChI is InChI=1S/C10H7FN4S/c1-4-7-8(13-6(11)3-12-7)5(2)10-9(4)14-16-15-10/h3H,1-2H3. The average molecular weight is 234 g/mol. The molecule has 80 valence electrons. The quantitative estimate of drug-likeness (QED) is 0.599. The first-order valence-electron chi connectivity index (χ1n) is 4.72. The van der Waals surface area contributed by atoms with Gasteiger partial charge in [0, 0.05) is 11.1 Å². The highest BCUT2D eigenvalue weighted by molar-refractivity contribution is 7.00. The normalized spacial score (nSPS) is 11.4. The van der Waals surface area contributed by atoms with Crippen molar-refractivity contribution in [3.05, 3.63) is 23.3 Å². The molecule has 0 bridgehead atoms. The summed E-state index contributed by atoms with van der Waals surface area (Å²) in [6.45, 7) is 3.76. The van der Waals surface area contributed by atoms with E-state index in [1.165, 1.54) is 0 Å². The van der Waals surface area contributed by atoms with Gasteiger partial charge in [0.2, 0.25) is 5.95 Å². The summed E-state index contributed by atoms with van der Waals surface area (Å²) in [6, 6.07) is 0. The molecule has 0 N–H and O–H groups in total. The molecule has 0 saturated carbocycles. The lowest BCUT2D eigenvalue weighted by molar-refractivity contribution is 0.583. The molecule has 0 fully saturated rings. The second-order valence-electron chi connectivity index (χ2n) is 3.60. The second kappa shape index (κ2) is 3.15. The van der Waals surface area contributed by atoms with Crippen molar-refractivity contribution in [2.24, 2.45) is 0 Å². The molecule has 0 aliphatic rings. The van der Waals surface area contributed by atoms with Gasteiger partial charge in [0.05, 0.1) is 29.0 Å². The van der Waals surface area contributed by atoms with Crippen molar-refractivity contribution in [2.45, 2.75) is 13.8 Å². The molecule has 0 aliphatic heterocycles. The minimum atomic E-state index is -0.572. The molecular weight excluding hydrogens is 227 g/mol. The van der Waals surface area contributed by atoms with E-state index < -0.39 is 5.95 Å². The fourth-order valence-electron chi connectivity index (χ4n) is 1.81. The summed E-state index contributed by atoms with van der Waals surface area (Å²) in [4.78, 5) is 7.94. The number of aryl methyl sites for hydroxylation is 2. The molecule has 16 heavy (non-hydrogen) atoms. The zero-order valence-electron chi connectivity index (χ0n) is 8.65. The SMILES string of the molecule is Cc1c2ncc(F)nc2c(C)c2nsnc12. The fraction of sp³-hybridized carbons (Fsp3) is 0.200. The number of nitrogens with zero attached hydrogens (tertiary/aromatic N) is 4. The Morgan fingerprint density at radius 1 is 1.00 bits per heavy atom. The average Bonchev–Trinajstić information content (AvgIpc) is 2.75. The Labute approximate surface area is 94.5 Å². The zero-order chi connectivity index (χ0) is 11.3. The monoisotopic (exact) mass is 234 g/mol.